The number of nitrogens with zero attached hydrogens (tertiary/aromatic N) is 3. The quantitative estimate of drug-likeness (QED) is 0.615. The lowest BCUT2D eigenvalue weighted by atomic mass is 10.0. The van der Waals surface area contributed by atoms with Gasteiger partial charge in [-0.2, -0.15) is 31.6 Å². The minimum atomic E-state index is -4.86. The molecule has 0 unspecified atom stereocenters. The van der Waals surface area contributed by atoms with Crippen molar-refractivity contribution in [3.63, 3.8) is 0 Å². The zero-order chi connectivity index (χ0) is 21.2. The van der Waals surface area contributed by atoms with Crippen molar-refractivity contribution in [2.24, 2.45) is 0 Å². The van der Waals surface area contributed by atoms with Crippen LogP contribution in [0.4, 0.5) is 26.3 Å². The van der Waals surface area contributed by atoms with Gasteiger partial charge in [0.15, 0.2) is 5.69 Å². The Morgan fingerprint density at radius 1 is 1.00 bits per heavy atom. The zero-order valence-corrected chi connectivity index (χ0v) is 14.3. The molecule has 1 aromatic heterocycles. The topological polar surface area (TPSA) is 74.6 Å². The van der Waals surface area contributed by atoms with Crippen molar-refractivity contribution in [3.8, 4) is 23.1 Å². The number of aromatic amines is 1. The molecule has 0 bridgehead atoms. The number of hydrogen-bond acceptors (Lipinski definition) is 4. The Labute approximate surface area is 159 Å². The van der Waals surface area contributed by atoms with E-state index in [4.69, 9.17) is 10.00 Å². The summed E-state index contributed by atoms with van der Waals surface area (Å²) >= 11 is 0. The fourth-order valence-electron chi connectivity index (χ4n) is 2.60. The number of ether oxygens (including phenoxy) is 1. The van der Waals surface area contributed by atoms with Crippen LogP contribution in [-0.4, -0.2) is 15.4 Å². The third-order valence-electron chi connectivity index (χ3n) is 3.92. The van der Waals surface area contributed by atoms with E-state index in [2.05, 4.69) is 15.4 Å². The first-order valence-electron chi connectivity index (χ1n) is 7.92. The van der Waals surface area contributed by atoms with Crippen molar-refractivity contribution < 1.29 is 31.1 Å². The van der Waals surface area contributed by atoms with Gasteiger partial charge in [0, 0.05) is 11.1 Å². The third kappa shape index (κ3) is 4.31. The maximum absolute atomic E-state index is 13.2. The molecule has 0 fully saturated rings. The lowest BCUT2D eigenvalue weighted by molar-refractivity contribution is -0.142. The molecular formula is C18H10F6N4O. The Morgan fingerprint density at radius 3 is 2.38 bits per heavy atom. The highest BCUT2D eigenvalue weighted by Gasteiger charge is 2.37. The van der Waals surface area contributed by atoms with Crippen LogP contribution in [0.15, 0.2) is 42.5 Å². The Hall–Kier alpha value is -3.55. The van der Waals surface area contributed by atoms with E-state index >= 15 is 0 Å². The standard InChI is InChI=1S/C18H10F6N4O/c19-17(20,21)11-5-6-13(18(22,23)24)10(7-11)9-29-15-4-2-1-3-12(15)16-14(8-25)26-28-27-16/h1-7H,9H2,(H,26,27,28). The lowest BCUT2D eigenvalue weighted by Gasteiger charge is -2.17. The second kappa shape index (κ2) is 7.46. The van der Waals surface area contributed by atoms with Gasteiger partial charge in [0.05, 0.1) is 11.1 Å². The molecule has 0 saturated heterocycles. The number of hydrogen-bond donors (Lipinski definition) is 1. The minimum Gasteiger partial charge on any atom is -0.488 e. The molecule has 0 radical (unpaired) electrons. The molecule has 150 valence electrons. The Morgan fingerprint density at radius 2 is 1.72 bits per heavy atom. The summed E-state index contributed by atoms with van der Waals surface area (Å²) in [7, 11) is 0. The Kier molecular flexibility index (Phi) is 5.19. The van der Waals surface area contributed by atoms with Crippen LogP contribution in [0, 0.1) is 11.3 Å². The van der Waals surface area contributed by atoms with Gasteiger partial charge >= 0.3 is 12.4 Å². The van der Waals surface area contributed by atoms with Gasteiger partial charge in [-0.15, -0.1) is 5.10 Å². The first-order chi connectivity index (χ1) is 13.6. The average Bonchev–Trinajstić information content (AvgIpc) is 3.13. The van der Waals surface area contributed by atoms with Crippen LogP contribution in [0.1, 0.15) is 22.4 Å². The second-order valence-electron chi connectivity index (χ2n) is 5.80. The van der Waals surface area contributed by atoms with E-state index in [-0.39, 0.29) is 22.7 Å². The monoisotopic (exact) mass is 412 g/mol. The number of aromatic nitrogens is 3. The maximum Gasteiger partial charge on any atom is 0.416 e. The van der Waals surface area contributed by atoms with Crippen molar-refractivity contribution in [1.82, 2.24) is 15.4 Å². The highest BCUT2D eigenvalue weighted by molar-refractivity contribution is 5.70. The SMILES string of the molecule is N#Cc1[nH]nnc1-c1ccccc1OCc1cc(C(F)(F)F)ccc1C(F)(F)F. The Bertz CT molecular complexity index is 1070. The van der Waals surface area contributed by atoms with Gasteiger partial charge in [-0.1, -0.05) is 17.3 Å². The van der Waals surface area contributed by atoms with Gasteiger partial charge in [0.25, 0.3) is 0 Å². The number of nitrogens with one attached hydrogen (secondary N) is 1. The van der Waals surface area contributed by atoms with Gasteiger partial charge in [0.1, 0.15) is 24.1 Å². The molecule has 0 aliphatic heterocycles. The van der Waals surface area contributed by atoms with Crippen LogP contribution in [0.5, 0.6) is 5.75 Å². The summed E-state index contributed by atoms with van der Waals surface area (Å²) < 4.78 is 83.8. The highest BCUT2D eigenvalue weighted by Crippen LogP contribution is 2.37. The second-order valence-corrected chi connectivity index (χ2v) is 5.80. The molecule has 29 heavy (non-hydrogen) atoms. The zero-order valence-electron chi connectivity index (χ0n) is 14.3. The summed E-state index contributed by atoms with van der Waals surface area (Å²) in [5.41, 5.74) is -2.79. The van der Waals surface area contributed by atoms with E-state index in [9.17, 15) is 26.3 Å². The molecule has 5 nitrogen and oxygen atoms in total. The summed E-state index contributed by atoms with van der Waals surface area (Å²) in [6.45, 7) is -0.782. The largest absolute Gasteiger partial charge is 0.488 e. The molecule has 11 heteroatoms. The number of nitriles is 1. The van der Waals surface area contributed by atoms with Gasteiger partial charge in [-0.25, -0.2) is 5.10 Å². The van der Waals surface area contributed by atoms with Crippen LogP contribution in [0.25, 0.3) is 11.3 Å². The predicted octanol–water partition coefficient (Wildman–Crippen LogP) is 4.96. The smallest absolute Gasteiger partial charge is 0.416 e. The number of H-pyrrole nitrogens is 1. The first-order valence-corrected chi connectivity index (χ1v) is 7.92. The molecule has 1 N–H and O–H groups in total. The number of benzene rings is 2. The van der Waals surface area contributed by atoms with Crippen LogP contribution >= 0.6 is 0 Å². The van der Waals surface area contributed by atoms with Gasteiger partial charge in [-0.05, 0) is 30.3 Å². The summed E-state index contributed by atoms with van der Waals surface area (Å²) in [6, 6.07) is 8.94. The molecule has 0 atom stereocenters. The van der Waals surface area contributed by atoms with Crippen LogP contribution in [0.2, 0.25) is 0 Å². The maximum atomic E-state index is 13.2. The number of alkyl halides is 6. The van der Waals surface area contributed by atoms with Gasteiger partial charge in [0.2, 0.25) is 0 Å². The molecule has 0 saturated carbocycles. The summed E-state index contributed by atoms with van der Waals surface area (Å²) in [5, 5.41) is 18.6. The molecule has 0 spiro atoms. The molecule has 1 heterocycles. The molecule has 3 rings (SSSR count). The third-order valence-corrected chi connectivity index (χ3v) is 3.92. The van der Waals surface area contributed by atoms with Crippen molar-refractivity contribution in [2.75, 3.05) is 0 Å². The lowest BCUT2D eigenvalue weighted by Crippen LogP contribution is -2.14. The van der Waals surface area contributed by atoms with E-state index in [1.807, 2.05) is 6.07 Å². The van der Waals surface area contributed by atoms with Crippen LogP contribution in [-0.2, 0) is 19.0 Å². The summed E-state index contributed by atoms with van der Waals surface area (Å²) in [5.74, 6) is 0.0310. The molecule has 3 aromatic rings. The Balaban J connectivity index is 1.98. The fraction of sp³-hybridized carbons (Fsp3) is 0.167. The highest BCUT2D eigenvalue weighted by atomic mass is 19.4. The van der Waals surface area contributed by atoms with Crippen molar-refractivity contribution in [3.05, 3.63) is 64.8 Å². The normalized spacial score (nSPS) is 11.9. The molecule has 0 aliphatic carbocycles. The van der Waals surface area contributed by atoms with Crippen molar-refractivity contribution in [2.45, 2.75) is 19.0 Å². The minimum absolute atomic E-state index is 0.00361. The molecule has 0 aliphatic rings. The fourth-order valence-corrected chi connectivity index (χ4v) is 2.60. The number of halogens is 6. The van der Waals surface area contributed by atoms with Gasteiger partial charge < -0.3 is 4.74 Å². The summed E-state index contributed by atoms with van der Waals surface area (Å²) in [4.78, 5) is 0. The van der Waals surface area contributed by atoms with E-state index in [0.717, 1.165) is 0 Å². The number of rotatable bonds is 4. The summed E-state index contributed by atoms with van der Waals surface area (Å²) in [6.07, 6.45) is -9.67. The predicted molar refractivity (Wildman–Crippen MR) is 87.3 cm³/mol. The molecule has 0 amide bonds. The van der Waals surface area contributed by atoms with E-state index < -0.39 is 35.6 Å². The molecule has 2 aromatic carbocycles. The van der Waals surface area contributed by atoms with Crippen molar-refractivity contribution in [1.29, 1.82) is 5.26 Å². The first kappa shape index (κ1) is 20.2. The number of para-hydroxylation sites is 1. The molecular weight excluding hydrogens is 402 g/mol. The average molecular weight is 412 g/mol. The van der Waals surface area contributed by atoms with Crippen molar-refractivity contribution >= 4 is 0 Å². The van der Waals surface area contributed by atoms with Crippen LogP contribution in [0.3, 0.4) is 0 Å². The van der Waals surface area contributed by atoms with Crippen LogP contribution < -0.4 is 4.74 Å². The van der Waals surface area contributed by atoms with E-state index in [0.29, 0.717) is 18.2 Å². The van der Waals surface area contributed by atoms with E-state index in [1.165, 1.54) is 18.2 Å². The van der Waals surface area contributed by atoms with Gasteiger partial charge in [-0.3, -0.25) is 0 Å². The van der Waals surface area contributed by atoms with E-state index in [1.54, 1.807) is 6.07 Å².